The summed E-state index contributed by atoms with van der Waals surface area (Å²) in [6.45, 7) is 4.72. The number of unbranched alkanes of at least 4 members (excludes halogenated alkanes) is 1. The number of hydrogen-bond donors (Lipinski definition) is 3. The number of sulfonamides is 1. The van der Waals surface area contributed by atoms with Crippen molar-refractivity contribution in [2.24, 2.45) is 0 Å². The lowest BCUT2D eigenvalue weighted by molar-refractivity contribution is 0.252. The lowest BCUT2D eigenvalue weighted by Crippen LogP contribution is -2.47. The van der Waals surface area contributed by atoms with Gasteiger partial charge in [-0.3, -0.25) is 0 Å². The minimum Gasteiger partial charge on any atom is -0.367 e. The highest BCUT2D eigenvalue weighted by Crippen LogP contribution is 2.34. The van der Waals surface area contributed by atoms with Crippen LogP contribution >= 0.6 is 0 Å². The van der Waals surface area contributed by atoms with Crippen LogP contribution in [0.3, 0.4) is 0 Å². The summed E-state index contributed by atoms with van der Waals surface area (Å²) in [5.41, 5.74) is 3.68. The minimum atomic E-state index is -3.97. The van der Waals surface area contributed by atoms with Gasteiger partial charge in [0.1, 0.15) is 10.7 Å². The number of piperazine rings is 1. The molecule has 0 unspecified atom stereocenters. The van der Waals surface area contributed by atoms with E-state index in [9.17, 15) is 17.6 Å². The van der Waals surface area contributed by atoms with Crippen LogP contribution in [-0.4, -0.2) is 47.2 Å². The van der Waals surface area contributed by atoms with Crippen LogP contribution in [0.5, 0.6) is 0 Å². The zero-order valence-electron chi connectivity index (χ0n) is 23.4. The second-order valence-corrected chi connectivity index (χ2v) is 12.3. The van der Waals surface area contributed by atoms with Gasteiger partial charge >= 0.3 is 6.03 Å². The third kappa shape index (κ3) is 6.82. The van der Waals surface area contributed by atoms with Crippen LogP contribution in [0.4, 0.5) is 26.2 Å². The number of amides is 2. The van der Waals surface area contributed by atoms with E-state index in [1.165, 1.54) is 12.1 Å². The molecule has 3 N–H and O–H groups in total. The molecule has 0 spiro atoms. The van der Waals surface area contributed by atoms with Crippen LogP contribution in [0.2, 0.25) is 0 Å². The van der Waals surface area contributed by atoms with Crippen LogP contribution in [0.25, 0.3) is 0 Å². The molecule has 0 aromatic heterocycles. The van der Waals surface area contributed by atoms with Crippen molar-refractivity contribution < 1.29 is 17.6 Å². The number of carbonyl (C=O) groups is 1. The molecule has 0 radical (unpaired) electrons. The Hall–Kier alpha value is -3.63. The van der Waals surface area contributed by atoms with Crippen molar-refractivity contribution in [3.05, 3.63) is 83.7 Å². The number of aryl methyl sites for hydroxylation is 1. The molecule has 1 aliphatic heterocycles. The second kappa shape index (κ2) is 12.9. The summed E-state index contributed by atoms with van der Waals surface area (Å²) in [6, 6.07) is 19.0. The van der Waals surface area contributed by atoms with Crippen molar-refractivity contribution >= 4 is 33.1 Å². The molecule has 8 nitrogen and oxygen atoms in total. The van der Waals surface area contributed by atoms with Crippen LogP contribution < -0.4 is 25.2 Å². The molecule has 1 aliphatic carbocycles. The third-order valence-corrected chi connectivity index (χ3v) is 9.30. The molecule has 1 saturated heterocycles. The SMILES string of the molecule is CCCCNC(=O)Nc1ccc(N2CCN(c3ccccc3F)CC2)c(S(=O)(=O)N[C@H]2CCCc3ccccc32)c1. The number of urea groups is 1. The average Bonchev–Trinajstić information content (AvgIpc) is 2.98. The Morgan fingerprint density at radius 1 is 0.951 bits per heavy atom. The van der Waals surface area contributed by atoms with Gasteiger partial charge in [0.25, 0.3) is 0 Å². The van der Waals surface area contributed by atoms with Crippen LogP contribution in [0, 0.1) is 5.82 Å². The maximum absolute atomic E-state index is 14.4. The highest BCUT2D eigenvalue weighted by molar-refractivity contribution is 7.89. The fraction of sp³-hybridized carbons (Fsp3) is 0.387. The molecule has 2 amide bonds. The van der Waals surface area contributed by atoms with E-state index in [4.69, 9.17) is 0 Å². The summed E-state index contributed by atoms with van der Waals surface area (Å²) in [5, 5.41) is 5.60. The van der Waals surface area contributed by atoms with Crippen LogP contribution in [0.1, 0.15) is 49.8 Å². The minimum absolute atomic E-state index is 0.117. The standard InChI is InChI=1S/C31H38FN5O3S/c1-2-3-17-33-31(38)34-24-15-16-29(37-20-18-36(19-21-37)28-14-7-6-12-26(28)32)30(22-24)41(39,40)35-27-13-8-10-23-9-4-5-11-25(23)27/h4-7,9,11-12,14-16,22,27,35H,2-3,8,10,13,17-21H2,1H3,(H2,33,34,38)/t27-/m0/s1. The Kier molecular flexibility index (Phi) is 9.09. The first-order chi connectivity index (χ1) is 19.9. The fourth-order valence-corrected chi connectivity index (χ4v) is 7.15. The van der Waals surface area contributed by atoms with Gasteiger partial charge in [0.15, 0.2) is 0 Å². The molecule has 1 heterocycles. The van der Waals surface area contributed by atoms with Gasteiger partial charge in [0, 0.05) is 44.5 Å². The smallest absolute Gasteiger partial charge is 0.319 e. The highest BCUT2D eigenvalue weighted by Gasteiger charge is 2.30. The zero-order valence-corrected chi connectivity index (χ0v) is 24.2. The van der Waals surface area contributed by atoms with Gasteiger partial charge in [0.05, 0.1) is 11.4 Å². The third-order valence-electron chi connectivity index (χ3n) is 7.80. The summed E-state index contributed by atoms with van der Waals surface area (Å²) < 4.78 is 45.4. The first kappa shape index (κ1) is 28.9. The summed E-state index contributed by atoms with van der Waals surface area (Å²) in [4.78, 5) is 16.6. The quantitative estimate of drug-likeness (QED) is 0.294. The topological polar surface area (TPSA) is 93.8 Å². The number of anilines is 3. The van der Waals surface area contributed by atoms with Crippen LogP contribution in [-0.2, 0) is 16.4 Å². The first-order valence-corrected chi connectivity index (χ1v) is 15.9. The predicted octanol–water partition coefficient (Wildman–Crippen LogP) is 5.43. The maximum Gasteiger partial charge on any atom is 0.319 e. The van der Waals surface area contributed by atoms with E-state index in [1.54, 1.807) is 24.3 Å². The Balaban J connectivity index is 1.41. The average molecular weight is 580 g/mol. The fourth-order valence-electron chi connectivity index (χ4n) is 5.65. The number of fused-ring (bicyclic) bond motifs is 1. The number of rotatable bonds is 9. The number of halogens is 1. The van der Waals surface area contributed by atoms with Crippen molar-refractivity contribution in [2.45, 2.75) is 50.0 Å². The number of hydrogen-bond acceptors (Lipinski definition) is 5. The molecule has 218 valence electrons. The normalized spacial score (nSPS) is 17.2. The summed E-state index contributed by atoms with van der Waals surface area (Å²) in [7, 11) is -3.97. The Morgan fingerprint density at radius 2 is 1.66 bits per heavy atom. The summed E-state index contributed by atoms with van der Waals surface area (Å²) in [5.74, 6) is -0.270. The van der Waals surface area contributed by atoms with Crippen molar-refractivity contribution in [3.63, 3.8) is 0 Å². The number of benzene rings is 3. The van der Waals surface area contributed by atoms with Crippen molar-refractivity contribution in [2.75, 3.05) is 47.8 Å². The van der Waals surface area contributed by atoms with Crippen molar-refractivity contribution in [1.29, 1.82) is 0 Å². The number of para-hydroxylation sites is 1. The molecule has 2 aliphatic rings. The largest absolute Gasteiger partial charge is 0.367 e. The van der Waals surface area contributed by atoms with Crippen molar-refractivity contribution in [3.8, 4) is 0 Å². The first-order valence-electron chi connectivity index (χ1n) is 14.4. The molecule has 10 heteroatoms. The highest BCUT2D eigenvalue weighted by atomic mass is 32.2. The molecular formula is C31H38FN5O3S. The molecule has 5 rings (SSSR count). The number of nitrogens with one attached hydrogen (secondary N) is 3. The Morgan fingerprint density at radius 3 is 2.41 bits per heavy atom. The van der Waals surface area contributed by atoms with Gasteiger partial charge < -0.3 is 20.4 Å². The molecule has 3 aromatic rings. The maximum atomic E-state index is 14.4. The van der Waals surface area contributed by atoms with Gasteiger partial charge in [-0.1, -0.05) is 49.7 Å². The van der Waals surface area contributed by atoms with Crippen LogP contribution in [0.15, 0.2) is 71.6 Å². The van der Waals surface area contributed by atoms with E-state index < -0.39 is 10.0 Å². The van der Waals surface area contributed by atoms with E-state index in [0.29, 0.717) is 56.2 Å². The molecular weight excluding hydrogens is 541 g/mol. The van der Waals surface area contributed by atoms with E-state index in [2.05, 4.69) is 21.4 Å². The van der Waals surface area contributed by atoms with E-state index in [-0.39, 0.29) is 22.8 Å². The molecule has 0 bridgehead atoms. The van der Waals surface area contributed by atoms with Gasteiger partial charge in [-0.2, -0.15) is 0 Å². The Labute approximate surface area is 242 Å². The van der Waals surface area contributed by atoms with Gasteiger partial charge in [0.2, 0.25) is 10.0 Å². The van der Waals surface area contributed by atoms with E-state index in [1.807, 2.05) is 41.0 Å². The summed E-state index contributed by atoms with van der Waals surface area (Å²) in [6.07, 6.45) is 4.35. The molecule has 0 saturated carbocycles. The Bertz CT molecular complexity index is 1470. The van der Waals surface area contributed by atoms with Gasteiger partial charge in [-0.15, -0.1) is 0 Å². The lowest BCUT2D eigenvalue weighted by atomic mass is 9.88. The second-order valence-electron chi connectivity index (χ2n) is 10.6. The monoisotopic (exact) mass is 579 g/mol. The molecule has 41 heavy (non-hydrogen) atoms. The van der Waals surface area contributed by atoms with E-state index in [0.717, 1.165) is 36.8 Å². The molecule has 1 atom stereocenters. The zero-order chi connectivity index (χ0) is 28.8. The number of nitrogens with zero attached hydrogens (tertiary/aromatic N) is 2. The predicted molar refractivity (Wildman–Crippen MR) is 162 cm³/mol. The lowest BCUT2D eigenvalue weighted by Gasteiger charge is -2.38. The van der Waals surface area contributed by atoms with Crippen molar-refractivity contribution in [1.82, 2.24) is 10.0 Å². The van der Waals surface area contributed by atoms with Gasteiger partial charge in [-0.05, 0) is 67.1 Å². The molecule has 3 aromatic carbocycles. The van der Waals surface area contributed by atoms with Gasteiger partial charge in [-0.25, -0.2) is 22.3 Å². The molecule has 1 fully saturated rings. The summed E-state index contributed by atoms with van der Waals surface area (Å²) >= 11 is 0. The van der Waals surface area contributed by atoms with E-state index >= 15 is 0 Å². The number of carbonyl (C=O) groups excluding carboxylic acids is 1.